The molecule has 0 amide bonds. The monoisotopic (exact) mass is 488 g/mol. The van der Waals surface area contributed by atoms with Gasteiger partial charge in [-0.1, -0.05) is 42.5 Å². The molecular weight excluding hydrogens is 459 g/mol. The fraction of sp³-hybridized carbons (Fsp3) is 0.241. The van der Waals surface area contributed by atoms with E-state index in [-0.39, 0.29) is 5.82 Å². The molecule has 4 rings (SSSR count). The van der Waals surface area contributed by atoms with Gasteiger partial charge in [0.1, 0.15) is 23.4 Å². The number of carboxylic acids is 1. The summed E-state index contributed by atoms with van der Waals surface area (Å²) in [5, 5.41) is 9.76. The lowest BCUT2D eigenvalue weighted by Crippen LogP contribution is -2.39. The van der Waals surface area contributed by atoms with Crippen LogP contribution in [0.4, 0.5) is 4.39 Å². The maximum atomic E-state index is 13.2. The van der Waals surface area contributed by atoms with Crippen LogP contribution in [0, 0.1) is 12.7 Å². The van der Waals surface area contributed by atoms with Crippen LogP contribution in [-0.4, -0.2) is 40.7 Å². The molecule has 0 spiro atoms. The lowest BCUT2D eigenvalue weighted by atomic mass is 10.0. The van der Waals surface area contributed by atoms with E-state index in [1.165, 1.54) is 12.1 Å². The summed E-state index contributed by atoms with van der Waals surface area (Å²) in [5.41, 5.74) is 3.54. The number of likely N-dealkylation sites (N-methyl/N-ethyl adjacent to an activating group) is 1. The van der Waals surface area contributed by atoms with Gasteiger partial charge in [-0.3, -0.25) is 9.69 Å². The van der Waals surface area contributed by atoms with Crippen molar-refractivity contribution >= 4 is 5.97 Å². The number of aliphatic carboxylic acids is 1. The van der Waals surface area contributed by atoms with Gasteiger partial charge in [0.05, 0.1) is 12.3 Å². The maximum Gasteiger partial charge on any atom is 0.321 e. The number of rotatable bonds is 11. The number of oxazole rings is 1. The predicted molar refractivity (Wildman–Crippen MR) is 135 cm³/mol. The molecule has 6 nitrogen and oxygen atoms in total. The topological polar surface area (TPSA) is 75.8 Å². The molecule has 0 unspecified atom stereocenters. The molecule has 0 aliphatic carbocycles. The van der Waals surface area contributed by atoms with Gasteiger partial charge in [-0.2, -0.15) is 0 Å². The van der Waals surface area contributed by atoms with E-state index in [0.29, 0.717) is 37.6 Å². The van der Waals surface area contributed by atoms with Crippen LogP contribution >= 0.6 is 0 Å². The van der Waals surface area contributed by atoms with E-state index in [2.05, 4.69) is 4.98 Å². The Labute approximate surface area is 210 Å². The van der Waals surface area contributed by atoms with Gasteiger partial charge in [0.15, 0.2) is 0 Å². The molecule has 1 atom stereocenters. The molecule has 3 aromatic carbocycles. The summed E-state index contributed by atoms with van der Waals surface area (Å²) in [6.45, 7) is 2.75. The van der Waals surface area contributed by atoms with Crippen LogP contribution in [-0.2, 0) is 24.2 Å². The summed E-state index contributed by atoms with van der Waals surface area (Å²) in [4.78, 5) is 18.3. The second kappa shape index (κ2) is 11.6. The summed E-state index contributed by atoms with van der Waals surface area (Å²) in [6.07, 6.45) is 0.951. The second-order valence-corrected chi connectivity index (χ2v) is 8.73. The number of carboxylic acid groups (broad SMARTS) is 1. The Morgan fingerprint density at radius 3 is 2.36 bits per heavy atom. The average Bonchev–Trinajstić information content (AvgIpc) is 3.25. The summed E-state index contributed by atoms with van der Waals surface area (Å²) >= 11 is 0. The zero-order valence-corrected chi connectivity index (χ0v) is 20.4. The van der Waals surface area contributed by atoms with Crippen LogP contribution in [0.5, 0.6) is 5.75 Å². The normalized spacial score (nSPS) is 12.0. The van der Waals surface area contributed by atoms with Crippen molar-refractivity contribution in [3.05, 3.63) is 107 Å². The number of aromatic nitrogens is 1. The Kier molecular flexibility index (Phi) is 8.13. The highest BCUT2D eigenvalue weighted by atomic mass is 19.1. The number of carbonyl (C=O) groups is 1. The van der Waals surface area contributed by atoms with Crippen LogP contribution in [0.25, 0.3) is 11.5 Å². The minimum absolute atomic E-state index is 0.313. The highest BCUT2D eigenvalue weighted by Crippen LogP contribution is 2.22. The molecule has 1 aromatic heterocycles. The van der Waals surface area contributed by atoms with E-state index in [0.717, 1.165) is 28.1 Å². The van der Waals surface area contributed by atoms with E-state index < -0.39 is 12.0 Å². The lowest BCUT2D eigenvalue weighted by Gasteiger charge is -2.25. The van der Waals surface area contributed by atoms with Gasteiger partial charge in [0.25, 0.3) is 0 Å². The molecule has 1 N–H and O–H groups in total. The Morgan fingerprint density at radius 1 is 1.03 bits per heavy atom. The Hall–Kier alpha value is -3.97. The maximum absolute atomic E-state index is 13.2. The number of aryl methyl sites for hydroxylation is 1. The smallest absolute Gasteiger partial charge is 0.321 e. The molecule has 36 heavy (non-hydrogen) atoms. The van der Waals surface area contributed by atoms with E-state index in [9.17, 15) is 14.3 Å². The van der Waals surface area contributed by atoms with Gasteiger partial charge in [0.2, 0.25) is 5.89 Å². The standard InChI is InChI=1S/C29H29FN2O4/c1-20-26(31-28(36-20)23-6-4-3-5-7-23)16-17-35-25-14-10-21(11-15-25)18-27(29(33)34)32(2)19-22-8-12-24(30)13-9-22/h3-15,27H,16-19H2,1-2H3,(H,33,34)/t27-/m0/s1. The molecular formula is C29H29FN2O4. The zero-order valence-electron chi connectivity index (χ0n) is 20.4. The molecule has 1 heterocycles. The van der Waals surface area contributed by atoms with Crippen LogP contribution in [0.15, 0.2) is 83.3 Å². The van der Waals surface area contributed by atoms with Gasteiger partial charge < -0.3 is 14.3 Å². The second-order valence-electron chi connectivity index (χ2n) is 8.73. The third kappa shape index (κ3) is 6.58. The molecule has 0 fully saturated rings. The van der Waals surface area contributed by atoms with Crippen molar-refractivity contribution in [1.82, 2.24) is 9.88 Å². The zero-order chi connectivity index (χ0) is 25.5. The first kappa shape index (κ1) is 25.1. The summed E-state index contributed by atoms with van der Waals surface area (Å²) in [6, 6.07) is 22.6. The Morgan fingerprint density at radius 2 is 1.69 bits per heavy atom. The fourth-order valence-corrected chi connectivity index (χ4v) is 3.99. The van der Waals surface area contributed by atoms with Crippen LogP contribution in [0.3, 0.4) is 0 Å². The minimum atomic E-state index is -0.905. The molecule has 0 saturated heterocycles. The first-order valence-corrected chi connectivity index (χ1v) is 11.8. The van der Waals surface area contributed by atoms with E-state index in [1.54, 1.807) is 24.1 Å². The van der Waals surface area contributed by atoms with Gasteiger partial charge in [-0.05, 0) is 67.9 Å². The number of nitrogens with zero attached hydrogens (tertiary/aromatic N) is 2. The third-order valence-corrected chi connectivity index (χ3v) is 6.04. The van der Waals surface area contributed by atoms with Crippen molar-refractivity contribution in [3.8, 4) is 17.2 Å². The number of hydrogen-bond donors (Lipinski definition) is 1. The predicted octanol–water partition coefficient (Wildman–Crippen LogP) is 5.54. The molecule has 0 saturated carbocycles. The number of benzene rings is 3. The minimum Gasteiger partial charge on any atom is -0.493 e. The van der Waals surface area contributed by atoms with Crippen molar-refractivity contribution in [2.75, 3.05) is 13.7 Å². The van der Waals surface area contributed by atoms with Gasteiger partial charge in [-0.15, -0.1) is 0 Å². The molecule has 0 aliphatic heterocycles. The molecule has 186 valence electrons. The first-order valence-electron chi connectivity index (χ1n) is 11.8. The molecule has 0 aliphatic rings. The lowest BCUT2D eigenvalue weighted by molar-refractivity contribution is -0.142. The molecule has 7 heteroatoms. The summed E-state index contributed by atoms with van der Waals surface area (Å²) in [7, 11) is 1.76. The largest absolute Gasteiger partial charge is 0.493 e. The molecule has 4 aromatic rings. The highest BCUT2D eigenvalue weighted by molar-refractivity contribution is 5.74. The van der Waals surface area contributed by atoms with E-state index in [4.69, 9.17) is 9.15 Å². The number of hydrogen-bond acceptors (Lipinski definition) is 5. The van der Waals surface area contributed by atoms with Crippen LogP contribution < -0.4 is 4.74 Å². The molecule has 0 radical (unpaired) electrons. The SMILES string of the molecule is Cc1oc(-c2ccccc2)nc1CCOc1ccc(C[C@@H](C(=O)O)N(C)Cc2ccc(F)cc2)cc1. The van der Waals surface area contributed by atoms with Gasteiger partial charge >= 0.3 is 5.97 Å². The fourth-order valence-electron chi connectivity index (χ4n) is 3.99. The average molecular weight is 489 g/mol. The van der Waals surface area contributed by atoms with E-state index in [1.807, 2.05) is 61.5 Å². The van der Waals surface area contributed by atoms with Crippen molar-refractivity contribution in [2.24, 2.45) is 0 Å². The van der Waals surface area contributed by atoms with E-state index >= 15 is 0 Å². The van der Waals surface area contributed by atoms with Crippen LogP contribution in [0.1, 0.15) is 22.6 Å². The third-order valence-electron chi connectivity index (χ3n) is 6.04. The van der Waals surface area contributed by atoms with Gasteiger partial charge in [0, 0.05) is 18.5 Å². The first-order chi connectivity index (χ1) is 17.4. The number of ether oxygens (including phenoxy) is 1. The van der Waals surface area contributed by atoms with Gasteiger partial charge in [-0.25, -0.2) is 9.37 Å². The highest BCUT2D eigenvalue weighted by Gasteiger charge is 2.23. The van der Waals surface area contributed by atoms with Crippen molar-refractivity contribution < 1.29 is 23.4 Å². The van der Waals surface area contributed by atoms with Crippen molar-refractivity contribution in [3.63, 3.8) is 0 Å². The molecule has 0 bridgehead atoms. The van der Waals surface area contributed by atoms with Crippen molar-refractivity contribution in [1.29, 1.82) is 0 Å². The quantitative estimate of drug-likeness (QED) is 0.299. The summed E-state index contributed by atoms with van der Waals surface area (Å²) < 4.78 is 24.8. The Bertz CT molecular complexity index is 1270. The number of halogens is 1. The van der Waals surface area contributed by atoms with Crippen LogP contribution in [0.2, 0.25) is 0 Å². The summed E-state index contributed by atoms with van der Waals surface area (Å²) in [5.74, 6) is 0.862. The van der Waals surface area contributed by atoms with Crippen molar-refractivity contribution in [2.45, 2.75) is 32.4 Å². The Balaban J connectivity index is 1.31.